The van der Waals surface area contributed by atoms with Gasteiger partial charge in [-0.2, -0.15) is 0 Å². The quantitative estimate of drug-likeness (QED) is 0.832. The lowest BCUT2D eigenvalue weighted by molar-refractivity contribution is -0.125. The molecule has 6 heteroatoms. The van der Waals surface area contributed by atoms with Crippen molar-refractivity contribution in [1.29, 1.82) is 0 Å². The van der Waals surface area contributed by atoms with Crippen molar-refractivity contribution in [3.8, 4) is 0 Å². The second kappa shape index (κ2) is 8.19. The van der Waals surface area contributed by atoms with Crippen LogP contribution in [0.15, 0.2) is 35.5 Å². The molecule has 2 atom stereocenters. The summed E-state index contributed by atoms with van der Waals surface area (Å²) in [5.74, 6) is 0.0594. The fraction of sp³-hybridized carbons (Fsp3) is 0.565. The Hall–Kier alpha value is -2.34. The highest BCUT2D eigenvalue weighted by Gasteiger charge is 2.42. The monoisotopic (exact) mass is 396 g/mol. The first-order chi connectivity index (χ1) is 14.0. The number of urea groups is 1. The van der Waals surface area contributed by atoms with Gasteiger partial charge in [0.2, 0.25) is 0 Å². The van der Waals surface area contributed by atoms with Crippen molar-refractivity contribution in [1.82, 2.24) is 20.0 Å². The van der Waals surface area contributed by atoms with Gasteiger partial charge in [-0.1, -0.05) is 36.2 Å². The fourth-order valence-electron chi connectivity index (χ4n) is 4.77. The summed E-state index contributed by atoms with van der Waals surface area (Å²) in [7, 11) is 1.75. The highest BCUT2D eigenvalue weighted by molar-refractivity contribution is 6.01. The van der Waals surface area contributed by atoms with Gasteiger partial charge in [0.05, 0.1) is 23.9 Å². The van der Waals surface area contributed by atoms with E-state index in [1.54, 1.807) is 11.9 Å². The molecule has 1 aromatic carbocycles. The Morgan fingerprint density at radius 3 is 2.59 bits per heavy atom. The van der Waals surface area contributed by atoms with Gasteiger partial charge in [-0.05, 0) is 45.2 Å². The van der Waals surface area contributed by atoms with E-state index in [-0.39, 0.29) is 18.0 Å². The number of likely N-dealkylation sites (N-methyl/N-ethyl adjacent to an activating group) is 1. The zero-order valence-corrected chi connectivity index (χ0v) is 17.8. The molecule has 1 saturated heterocycles. The molecular formula is C23H32N4O2. The molecule has 3 heterocycles. The SMILES string of the molecule is Cc1ccc(C2NC(=O)N(C)C3=C2C(=O)N(CCCN2CCCCC2C)C3)cc1. The van der Waals surface area contributed by atoms with Gasteiger partial charge in [-0.25, -0.2) is 4.79 Å². The summed E-state index contributed by atoms with van der Waals surface area (Å²) >= 11 is 0. The van der Waals surface area contributed by atoms with E-state index in [1.807, 2.05) is 36.1 Å². The molecule has 0 bridgehead atoms. The van der Waals surface area contributed by atoms with E-state index in [4.69, 9.17) is 0 Å². The van der Waals surface area contributed by atoms with Crippen LogP contribution in [0.2, 0.25) is 0 Å². The van der Waals surface area contributed by atoms with Crippen molar-refractivity contribution in [3.63, 3.8) is 0 Å². The molecule has 0 saturated carbocycles. The lowest BCUT2D eigenvalue weighted by Crippen LogP contribution is -2.45. The summed E-state index contributed by atoms with van der Waals surface area (Å²) in [5.41, 5.74) is 3.69. The summed E-state index contributed by atoms with van der Waals surface area (Å²) in [6, 6.07) is 8.19. The summed E-state index contributed by atoms with van der Waals surface area (Å²) in [5, 5.41) is 3.01. The first kappa shape index (κ1) is 20.0. The van der Waals surface area contributed by atoms with Crippen LogP contribution >= 0.6 is 0 Å². The second-order valence-electron chi connectivity index (χ2n) is 8.67. The molecule has 2 unspecified atom stereocenters. The smallest absolute Gasteiger partial charge is 0.322 e. The number of benzene rings is 1. The van der Waals surface area contributed by atoms with Crippen LogP contribution in [-0.4, -0.2) is 65.9 Å². The van der Waals surface area contributed by atoms with E-state index in [0.29, 0.717) is 12.6 Å². The van der Waals surface area contributed by atoms with Crippen LogP contribution in [0, 0.1) is 6.92 Å². The third-order valence-electron chi connectivity index (χ3n) is 6.66. The summed E-state index contributed by atoms with van der Waals surface area (Å²) < 4.78 is 0. The maximum atomic E-state index is 13.3. The number of rotatable bonds is 5. The first-order valence-corrected chi connectivity index (χ1v) is 10.8. The van der Waals surface area contributed by atoms with Gasteiger partial charge < -0.3 is 15.1 Å². The van der Waals surface area contributed by atoms with E-state index < -0.39 is 0 Å². The molecule has 1 aromatic rings. The average Bonchev–Trinajstić information content (AvgIpc) is 3.04. The predicted molar refractivity (Wildman–Crippen MR) is 113 cm³/mol. The number of carbonyl (C=O) groups is 2. The van der Waals surface area contributed by atoms with E-state index in [1.165, 1.54) is 25.8 Å². The van der Waals surface area contributed by atoms with Crippen molar-refractivity contribution in [2.24, 2.45) is 0 Å². The lowest BCUT2D eigenvalue weighted by Gasteiger charge is -2.33. The van der Waals surface area contributed by atoms with Gasteiger partial charge in [-0.3, -0.25) is 9.69 Å². The number of piperidine rings is 1. The molecule has 3 amide bonds. The van der Waals surface area contributed by atoms with Crippen LogP contribution in [0.25, 0.3) is 0 Å². The lowest BCUT2D eigenvalue weighted by atomic mass is 9.95. The molecule has 1 fully saturated rings. The normalized spacial score (nSPS) is 25.5. The van der Waals surface area contributed by atoms with Gasteiger partial charge >= 0.3 is 6.03 Å². The van der Waals surface area contributed by atoms with E-state index in [9.17, 15) is 9.59 Å². The number of hydrogen-bond acceptors (Lipinski definition) is 3. The number of aryl methyl sites for hydroxylation is 1. The van der Waals surface area contributed by atoms with Crippen LogP contribution < -0.4 is 5.32 Å². The molecule has 4 rings (SSSR count). The molecule has 1 N–H and O–H groups in total. The van der Waals surface area contributed by atoms with Gasteiger partial charge in [-0.15, -0.1) is 0 Å². The fourth-order valence-corrected chi connectivity index (χ4v) is 4.77. The number of nitrogens with zero attached hydrogens (tertiary/aromatic N) is 3. The summed E-state index contributed by atoms with van der Waals surface area (Å²) in [4.78, 5) is 31.8. The van der Waals surface area contributed by atoms with Crippen LogP contribution in [0.3, 0.4) is 0 Å². The topological polar surface area (TPSA) is 55.9 Å². The van der Waals surface area contributed by atoms with Crippen LogP contribution in [0.4, 0.5) is 4.79 Å². The van der Waals surface area contributed by atoms with Gasteiger partial charge in [0.15, 0.2) is 0 Å². The summed E-state index contributed by atoms with van der Waals surface area (Å²) in [6.07, 6.45) is 4.85. The third-order valence-corrected chi connectivity index (χ3v) is 6.66. The minimum absolute atomic E-state index is 0.0594. The Balaban J connectivity index is 1.46. The minimum atomic E-state index is -0.367. The largest absolute Gasteiger partial charge is 0.333 e. The molecular weight excluding hydrogens is 364 g/mol. The zero-order valence-electron chi connectivity index (χ0n) is 17.8. The van der Waals surface area contributed by atoms with Crippen molar-refractivity contribution in [3.05, 3.63) is 46.7 Å². The van der Waals surface area contributed by atoms with E-state index in [0.717, 1.165) is 41.9 Å². The summed E-state index contributed by atoms with van der Waals surface area (Å²) in [6.45, 7) is 7.80. The number of carbonyl (C=O) groups excluding carboxylic acids is 2. The van der Waals surface area contributed by atoms with Crippen molar-refractivity contribution in [2.45, 2.75) is 51.6 Å². The molecule has 3 aliphatic rings. The zero-order chi connectivity index (χ0) is 20.5. The molecule has 0 aliphatic carbocycles. The number of hydrogen-bond donors (Lipinski definition) is 1. The number of amides is 3. The van der Waals surface area contributed by atoms with Crippen molar-refractivity contribution < 1.29 is 9.59 Å². The van der Waals surface area contributed by atoms with E-state index >= 15 is 0 Å². The molecule has 0 radical (unpaired) electrons. The average molecular weight is 397 g/mol. The third kappa shape index (κ3) is 3.90. The molecule has 29 heavy (non-hydrogen) atoms. The first-order valence-electron chi connectivity index (χ1n) is 10.8. The molecule has 3 aliphatic heterocycles. The van der Waals surface area contributed by atoms with Crippen molar-refractivity contribution in [2.75, 3.05) is 33.2 Å². The molecule has 156 valence electrons. The molecule has 0 aromatic heterocycles. The number of likely N-dealkylation sites (tertiary alicyclic amines) is 1. The van der Waals surface area contributed by atoms with Crippen LogP contribution in [-0.2, 0) is 4.79 Å². The highest BCUT2D eigenvalue weighted by Crippen LogP contribution is 2.35. The second-order valence-corrected chi connectivity index (χ2v) is 8.67. The number of nitrogens with one attached hydrogen (secondary N) is 1. The Kier molecular flexibility index (Phi) is 5.63. The predicted octanol–water partition coefficient (Wildman–Crippen LogP) is 3.05. The Morgan fingerprint density at radius 2 is 1.86 bits per heavy atom. The maximum absolute atomic E-state index is 13.3. The molecule has 6 nitrogen and oxygen atoms in total. The van der Waals surface area contributed by atoms with Gasteiger partial charge in [0.1, 0.15) is 0 Å². The Bertz CT molecular complexity index is 817. The van der Waals surface area contributed by atoms with Crippen molar-refractivity contribution >= 4 is 11.9 Å². The highest BCUT2D eigenvalue weighted by atomic mass is 16.2. The van der Waals surface area contributed by atoms with Gasteiger partial charge in [0, 0.05) is 26.2 Å². The maximum Gasteiger partial charge on any atom is 0.322 e. The van der Waals surface area contributed by atoms with E-state index in [2.05, 4.69) is 17.1 Å². The van der Waals surface area contributed by atoms with Crippen LogP contribution in [0.1, 0.15) is 49.8 Å². The van der Waals surface area contributed by atoms with Crippen LogP contribution in [0.5, 0.6) is 0 Å². The molecule has 0 spiro atoms. The Morgan fingerprint density at radius 1 is 1.10 bits per heavy atom. The van der Waals surface area contributed by atoms with Gasteiger partial charge in [0.25, 0.3) is 5.91 Å². The minimum Gasteiger partial charge on any atom is -0.333 e. The standard InChI is InChI=1S/C23H32N4O2/c1-16-8-10-18(11-9-16)21-20-19(25(3)23(29)24-21)15-27(22(20)28)14-6-13-26-12-5-4-7-17(26)2/h8-11,17,21H,4-7,12-15H2,1-3H3,(H,24,29). The Labute approximate surface area is 173 Å².